The van der Waals surface area contributed by atoms with Crippen LogP contribution in [0.4, 0.5) is 5.69 Å². The summed E-state index contributed by atoms with van der Waals surface area (Å²) in [6.07, 6.45) is 0. The SMILES string of the molecule is [N-]=[N+]=Nc1ccc(CO[C]=O)cc1. The number of benzene rings is 1. The fraction of sp³-hybridized carbons (Fsp3) is 0.125. The van der Waals surface area contributed by atoms with E-state index in [1.165, 1.54) is 6.47 Å². The molecule has 0 aromatic heterocycles. The molecule has 0 saturated heterocycles. The van der Waals surface area contributed by atoms with Gasteiger partial charge in [0, 0.05) is 10.6 Å². The molecule has 1 aromatic carbocycles. The zero-order valence-corrected chi connectivity index (χ0v) is 6.67. The van der Waals surface area contributed by atoms with Crippen LogP contribution in [0.25, 0.3) is 10.4 Å². The zero-order valence-electron chi connectivity index (χ0n) is 6.67. The van der Waals surface area contributed by atoms with E-state index in [9.17, 15) is 4.79 Å². The monoisotopic (exact) mass is 176 g/mol. The first-order valence-corrected chi connectivity index (χ1v) is 3.50. The molecule has 0 aliphatic rings. The lowest BCUT2D eigenvalue weighted by Crippen LogP contribution is -1.88. The lowest BCUT2D eigenvalue weighted by Gasteiger charge is -1.97. The van der Waals surface area contributed by atoms with Gasteiger partial charge in [0.15, 0.2) is 0 Å². The van der Waals surface area contributed by atoms with Gasteiger partial charge in [-0.3, -0.25) is 0 Å². The summed E-state index contributed by atoms with van der Waals surface area (Å²) in [6, 6.07) is 6.70. The Bertz CT molecular complexity index is 328. The summed E-state index contributed by atoms with van der Waals surface area (Å²) in [6.45, 7) is 1.50. The first-order chi connectivity index (χ1) is 6.36. The number of hydrogen-bond donors (Lipinski definition) is 0. The van der Waals surface area contributed by atoms with E-state index in [1.807, 2.05) is 0 Å². The van der Waals surface area contributed by atoms with Crippen LogP contribution in [0.5, 0.6) is 0 Å². The normalized spacial score (nSPS) is 8.62. The van der Waals surface area contributed by atoms with Crippen LogP contribution in [-0.2, 0) is 16.1 Å². The van der Waals surface area contributed by atoms with Gasteiger partial charge in [-0.05, 0) is 11.1 Å². The number of hydrogen-bond acceptors (Lipinski definition) is 3. The number of rotatable bonds is 4. The third-order valence-electron chi connectivity index (χ3n) is 1.39. The second-order valence-corrected chi connectivity index (χ2v) is 2.23. The first-order valence-electron chi connectivity index (χ1n) is 3.50. The molecule has 0 fully saturated rings. The molecule has 5 nitrogen and oxygen atoms in total. The maximum atomic E-state index is 9.73. The summed E-state index contributed by atoms with van der Waals surface area (Å²) in [7, 11) is 0. The Hall–Kier alpha value is -2.00. The summed E-state index contributed by atoms with van der Waals surface area (Å²) >= 11 is 0. The van der Waals surface area contributed by atoms with Crippen LogP contribution < -0.4 is 0 Å². The number of ether oxygens (including phenoxy) is 1. The van der Waals surface area contributed by atoms with Crippen LogP contribution in [-0.4, -0.2) is 6.47 Å². The smallest absolute Gasteiger partial charge is 0.417 e. The Morgan fingerprint density at radius 2 is 2.15 bits per heavy atom. The van der Waals surface area contributed by atoms with Gasteiger partial charge in [0.25, 0.3) is 0 Å². The van der Waals surface area contributed by atoms with Crippen molar-refractivity contribution < 1.29 is 9.53 Å². The number of azide groups is 1. The minimum Gasteiger partial charge on any atom is -0.452 e. The molecule has 0 aliphatic carbocycles. The van der Waals surface area contributed by atoms with Gasteiger partial charge in [-0.2, -0.15) is 0 Å². The van der Waals surface area contributed by atoms with Crippen molar-refractivity contribution in [3.63, 3.8) is 0 Å². The fourth-order valence-corrected chi connectivity index (χ4v) is 0.823. The summed E-state index contributed by atoms with van der Waals surface area (Å²) < 4.78 is 4.41. The van der Waals surface area contributed by atoms with Crippen molar-refractivity contribution in [3.05, 3.63) is 40.3 Å². The van der Waals surface area contributed by atoms with Gasteiger partial charge in [-0.1, -0.05) is 29.4 Å². The third kappa shape index (κ3) is 2.84. The van der Waals surface area contributed by atoms with Gasteiger partial charge in [0.05, 0.1) is 0 Å². The van der Waals surface area contributed by atoms with Crippen molar-refractivity contribution in [1.29, 1.82) is 0 Å². The Morgan fingerprint density at radius 1 is 1.46 bits per heavy atom. The quantitative estimate of drug-likeness (QED) is 0.400. The van der Waals surface area contributed by atoms with E-state index >= 15 is 0 Å². The Labute approximate surface area is 74.6 Å². The molecule has 0 aliphatic heterocycles. The highest BCUT2D eigenvalue weighted by Crippen LogP contribution is 2.13. The van der Waals surface area contributed by atoms with Crippen molar-refractivity contribution in [3.8, 4) is 0 Å². The molecule has 0 N–H and O–H groups in total. The van der Waals surface area contributed by atoms with E-state index in [0.29, 0.717) is 5.69 Å². The average Bonchev–Trinajstić information content (AvgIpc) is 2.17. The van der Waals surface area contributed by atoms with Crippen molar-refractivity contribution in [2.24, 2.45) is 5.11 Å². The molecular formula is C8H6N3O2. The highest BCUT2D eigenvalue weighted by Gasteiger charge is 1.92. The predicted molar refractivity (Wildman–Crippen MR) is 45.7 cm³/mol. The zero-order chi connectivity index (χ0) is 9.52. The van der Waals surface area contributed by atoms with E-state index in [4.69, 9.17) is 5.53 Å². The average molecular weight is 176 g/mol. The second-order valence-electron chi connectivity index (χ2n) is 2.23. The molecule has 0 saturated carbocycles. The second kappa shape index (κ2) is 4.79. The van der Waals surface area contributed by atoms with Gasteiger partial charge in [0.1, 0.15) is 6.61 Å². The molecule has 0 unspecified atom stereocenters. The van der Waals surface area contributed by atoms with Crippen LogP contribution in [0.2, 0.25) is 0 Å². The first kappa shape index (κ1) is 9.09. The van der Waals surface area contributed by atoms with Crippen molar-refractivity contribution in [1.82, 2.24) is 0 Å². The predicted octanol–water partition coefficient (Wildman–Crippen LogP) is 2.21. The largest absolute Gasteiger partial charge is 0.452 e. The van der Waals surface area contributed by atoms with E-state index in [0.717, 1.165) is 5.56 Å². The Kier molecular flexibility index (Phi) is 3.35. The molecular weight excluding hydrogens is 170 g/mol. The third-order valence-corrected chi connectivity index (χ3v) is 1.39. The summed E-state index contributed by atoms with van der Waals surface area (Å²) in [5.74, 6) is 0. The lowest BCUT2D eigenvalue weighted by atomic mass is 10.2. The van der Waals surface area contributed by atoms with Crippen LogP contribution in [0.3, 0.4) is 0 Å². The van der Waals surface area contributed by atoms with Gasteiger partial charge < -0.3 is 4.74 Å². The van der Waals surface area contributed by atoms with Crippen LogP contribution >= 0.6 is 0 Å². The van der Waals surface area contributed by atoms with Crippen LogP contribution in [0.15, 0.2) is 29.4 Å². The number of nitrogens with zero attached hydrogens (tertiary/aromatic N) is 3. The molecule has 1 rings (SSSR count). The molecule has 0 atom stereocenters. The molecule has 0 bridgehead atoms. The fourth-order valence-electron chi connectivity index (χ4n) is 0.823. The molecule has 13 heavy (non-hydrogen) atoms. The van der Waals surface area contributed by atoms with Gasteiger partial charge in [0.2, 0.25) is 0 Å². The highest BCUT2D eigenvalue weighted by molar-refractivity contribution is 5.40. The molecule has 0 amide bonds. The van der Waals surface area contributed by atoms with Crippen LogP contribution in [0, 0.1) is 0 Å². The van der Waals surface area contributed by atoms with Crippen molar-refractivity contribution >= 4 is 12.2 Å². The Balaban J connectivity index is 2.68. The Morgan fingerprint density at radius 3 is 2.69 bits per heavy atom. The summed E-state index contributed by atoms with van der Waals surface area (Å²) in [5, 5.41) is 3.39. The maximum absolute atomic E-state index is 9.73. The van der Waals surface area contributed by atoms with E-state index in [-0.39, 0.29) is 6.61 Å². The maximum Gasteiger partial charge on any atom is 0.417 e. The molecule has 65 valence electrons. The highest BCUT2D eigenvalue weighted by atomic mass is 16.5. The van der Waals surface area contributed by atoms with Crippen LogP contribution in [0.1, 0.15) is 5.56 Å². The molecule has 1 radical (unpaired) electrons. The summed E-state index contributed by atoms with van der Waals surface area (Å²) in [4.78, 5) is 12.4. The van der Waals surface area contributed by atoms with Gasteiger partial charge in [-0.25, -0.2) is 4.79 Å². The minimum atomic E-state index is 0.181. The molecule has 0 spiro atoms. The minimum absolute atomic E-state index is 0.181. The molecule has 5 heteroatoms. The topological polar surface area (TPSA) is 75.1 Å². The van der Waals surface area contributed by atoms with Crippen molar-refractivity contribution in [2.45, 2.75) is 6.61 Å². The van der Waals surface area contributed by atoms with Gasteiger partial charge >= 0.3 is 6.47 Å². The van der Waals surface area contributed by atoms with Gasteiger partial charge in [-0.15, -0.1) is 0 Å². The molecule has 1 aromatic rings. The lowest BCUT2D eigenvalue weighted by molar-refractivity contribution is 0.267. The van der Waals surface area contributed by atoms with E-state index in [1.54, 1.807) is 24.3 Å². The van der Waals surface area contributed by atoms with E-state index < -0.39 is 0 Å². The molecule has 0 heterocycles. The van der Waals surface area contributed by atoms with E-state index in [2.05, 4.69) is 14.8 Å². The number of carbonyl (C=O) groups excluding carboxylic acids is 1. The summed E-state index contributed by atoms with van der Waals surface area (Å²) in [5.41, 5.74) is 9.46. The standard InChI is InChI=1S/C8H6N3O2/c9-11-10-8-3-1-7(2-4-8)5-13-6-12/h1-4H,5H2. The van der Waals surface area contributed by atoms with Crippen molar-refractivity contribution in [2.75, 3.05) is 0 Å².